The first-order valence-corrected chi connectivity index (χ1v) is 7.58. The number of halogens is 3. The topological polar surface area (TPSA) is 60.4 Å². The molecule has 0 radical (unpaired) electrons. The number of ketones is 1. The van der Waals surface area contributed by atoms with Gasteiger partial charge in [-0.05, 0) is 29.7 Å². The van der Waals surface area contributed by atoms with Gasteiger partial charge in [0, 0.05) is 12.0 Å². The van der Waals surface area contributed by atoms with Gasteiger partial charge >= 0.3 is 15.6 Å². The van der Waals surface area contributed by atoms with Gasteiger partial charge in [0.05, 0.1) is 0 Å². The molecule has 0 spiro atoms. The Bertz CT molecular complexity index is 633. The van der Waals surface area contributed by atoms with Crippen LogP contribution in [0, 0.1) is 0 Å². The fourth-order valence-electron chi connectivity index (χ4n) is 1.62. The van der Waals surface area contributed by atoms with Crippen LogP contribution < -0.4 is 4.18 Å². The minimum Gasteiger partial charge on any atom is -0.376 e. The molecule has 0 heterocycles. The van der Waals surface area contributed by atoms with Gasteiger partial charge in [0.25, 0.3) is 0 Å². The van der Waals surface area contributed by atoms with Crippen LogP contribution in [0.2, 0.25) is 0 Å². The highest BCUT2D eigenvalue weighted by Gasteiger charge is 2.48. The van der Waals surface area contributed by atoms with E-state index in [1.54, 1.807) is 20.8 Å². The third-order valence-electron chi connectivity index (χ3n) is 2.76. The number of benzene rings is 1. The molecule has 118 valence electrons. The van der Waals surface area contributed by atoms with Gasteiger partial charge in [-0.2, -0.15) is 21.6 Å². The Kier molecular flexibility index (Phi) is 5.03. The molecule has 4 nitrogen and oxygen atoms in total. The molecule has 0 aliphatic carbocycles. The summed E-state index contributed by atoms with van der Waals surface area (Å²) in [6, 6.07) is 3.68. The van der Waals surface area contributed by atoms with Crippen LogP contribution in [-0.2, 0) is 10.1 Å². The second-order valence-corrected chi connectivity index (χ2v) is 6.21. The lowest BCUT2D eigenvalue weighted by Gasteiger charge is -2.15. The zero-order valence-corrected chi connectivity index (χ0v) is 12.5. The van der Waals surface area contributed by atoms with E-state index in [1.165, 1.54) is 12.1 Å². The molecule has 0 aliphatic rings. The molecule has 0 saturated heterocycles. The van der Waals surface area contributed by atoms with Gasteiger partial charge in [0.1, 0.15) is 5.75 Å². The third kappa shape index (κ3) is 3.96. The number of Topliss-reactive ketones (excluding diaryl/α,β-unsaturated/α-hetero) is 1. The van der Waals surface area contributed by atoms with Crippen LogP contribution in [0.3, 0.4) is 0 Å². The van der Waals surface area contributed by atoms with E-state index in [9.17, 15) is 26.4 Å². The van der Waals surface area contributed by atoms with Crippen LogP contribution in [0.25, 0.3) is 0 Å². The summed E-state index contributed by atoms with van der Waals surface area (Å²) in [6.45, 7) is 4.96. The summed E-state index contributed by atoms with van der Waals surface area (Å²) in [6.07, 6.45) is 0.235. The normalized spacial score (nSPS) is 12.5. The van der Waals surface area contributed by atoms with Crippen molar-refractivity contribution < 1.29 is 30.6 Å². The fourth-order valence-corrected chi connectivity index (χ4v) is 2.10. The number of hydrogen-bond donors (Lipinski definition) is 0. The molecule has 8 heteroatoms. The molecule has 0 aliphatic heterocycles. The van der Waals surface area contributed by atoms with Crippen LogP contribution in [-0.4, -0.2) is 19.7 Å². The smallest absolute Gasteiger partial charge is 0.376 e. The van der Waals surface area contributed by atoms with Gasteiger partial charge < -0.3 is 4.18 Å². The van der Waals surface area contributed by atoms with Gasteiger partial charge in [0.2, 0.25) is 0 Å². The van der Waals surface area contributed by atoms with Crippen molar-refractivity contribution in [3.63, 3.8) is 0 Å². The monoisotopic (exact) mass is 324 g/mol. The summed E-state index contributed by atoms with van der Waals surface area (Å²) < 4.78 is 63.3. The Morgan fingerprint density at radius 1 is 1.29 bits per heavy atom. The zero-order chi connectivity index (χ0) is 16.4. The highest BCUT2D eigenvalue weighted by atomic mass is 32.2. The molecule has 21 heavy (non-hydrogen) atoms. The van der Waals surface area contributed by atoms with E-state index in [4.69, 9.17) is 0 Å². The Hall–Kier alpha value is -1.57. The highest BCUT2D eigenvalue weighted by molar-refractivity contribution is 7.88. The molecule has 1 aromatic carbocycles. The van der Waals surface area contributed by atoms with Gasteiger partial charge in [0.15, 0.2) is 5.78 Å². The molecule has 0 atom stereocenters. The van der Waals surface area contributed by atoms with E-state index >= 15 is 0 Å². The summed E-state index contributed by atoms with van der Waals surface area (Å²) in [5.41, 5.74) is -4.97. The largest absolute Gasteiger partial charge is 0.534 e. The van der Waals surface area contributed by atoms with Gasteiger partial charge in [-0.25, -0.2) is 0 Å². The third-order valence-corrected chi connectivity index (χ3v) is 3.72. The molecule has 0 N–H and O–H groups in total. The first kappa shape index (κ1) is 17.5. The summed E-state index contributed by atoms with van der Waals surface area (Å²) in [4.78, 5) is 11.6. The lowest BCUT2D eigenvalue weighted by atomic mass is 9.97. The average Bonchev–Trinajstić information content (AvgIpc) is 2.36. The van der Waals surface area contributed by atoms with Gasteiger partial charge in [-0.15, -0.1) is 0 Å². The second kappa shape index (κ2) is 6.05. The lowest BCUT2D eigenvalue weighted by Crippen LogP contribution is -2.28. The number of rotatable bonds is 5. The zero-order valence-electron chi connectivity index (χ0n) is 11.7. The fraction of sp³-hybridized carbons (Fsp3) is 0.462. The van der Waals surface area contributed by atoms with Crippen molar-refractivity contribution in [3.8, 4) is 5.75 Å². The van der Waals surface area contributed by atoms with Crippen LogP contribution in [0.4, 0.5) is 13.2 Å². The van der Waals surface area contributed by atoms with E-state index in [-0.39, 0.29) is 23.7 Å². The maximum absolute atomic E-state index is 12.3. The lowest BCUT2D eigenvalue weighted by molar-refractivity contribution is -0.0500. The quantitative estimate of drug-likeness (QED) is 0.471. The molecule has 1 rings (SSSR count). The van der Waals surface area contributed by atoms with Crippen molar-refractivity contribution in [2.45, 2.75) is 38.6 Å². The first-order chi connectivity index (χ1) is 9.49. The number of carbonyl (C=O) groups is 1. The highest BCUT2D eigenvalue weighted by Crippen LogP contribution is 2.33. The van der Waals surface area contributed by atoms with Crippen LogP contribution >= 0.6 is 0 Å². The Morgan fingerprint density at radius 2 is 1.86 bits per heavy atom. The molecular formula is C13H15F3O4S. The van der Waals surface area contributed by atoms with E-state index in [1.807, 2.05) is 0 Å². The predicted molar refractivity (Wildman–Crippen MR) is 70.8 cm³/mol. The first-order valence-electron chi connectivity index (χ1n) is 6.17. The molecule has 1 aromatic rings. The summed E-state index contributed by atoms with van der Waals surface area (Å²) in [5.74, 6) is -0.926. The molecule has 0 unspecified atom stereocenters. The second-order valence-electron chi connectivity index (χ2n) is 4.67. The number of alkyl halides is 3. The van der Waals surface area contributed by atoms with Crippen molar-refractivity contribution >= 4 is 15.9 Å². The van der Waals surface area contributed by atoms with Crippen molar-refractivity contribution in [1.29, 1.82) is 0 Å². The van der Waals surface area contributed by atoms with Crippen molar-refractivity contribution in [1.82, 2.24) is 0 Å². The summed E-state index contributed by atoms with van der Waals surface area (Å²) in [5, 5.41) is 0. The van der Waals surface area contributed by atoms with Crippen LogP contribution in [0.1, 0.15) is 49.0 Å². The van der Waals surface area contributed by atoms with Gasteiger partial charge in [-0.1, -0.05) is 20.8 Å². The van der Waals surface area contributed by atoms with Crippen LogP contribution in [0.15, 0.2) is 18.2 Å². The maximum atomic E-state index is 12.3. The molecule has 0 amide bonds. The predicted octanol–water partition coefficient (Wildman–Crippen LogP) is 3.63. The molecule has 0 fully saturated rings. The van der Waals surface area contributed by atoms with E-state index in [2.05, 4.69) is 4.18 Å². The molecular weight excluding hydrogens is 309 g/mol. The van der Waals surface area contributed by atoms with Crippen molar-refractivity contribution in [2.24, 2.45) is 0 Å². The standard InChI is InChI=1S/C13H15F3O4S/c1-4-11(17)9-5-6-12(10(7-9)8(2)3)20-21(18,19)13(14,15)16/h5-8H,4H2,1-3H3. The van der Waals surface area contributed by atoms with Crippen molar-refractivity contribution in [3.05, 3.63) is 29.3 Å². The Labute approximate surface area is 121 Å². The Balaban J connectivity index is 3.29. The van der Waals surface area contributed by atoms with E-state index in [0.29, 0.717) is 5.56 Å². The molecule has 0 aromatic heterocycles. The molecule has 0 bridgehead atoms. The van der Waals surface area contributed by atoms with E-state index in [0.717, 1.165) is 6.07 Å². The Morgan fingerprint density at radius 3 is 2.29 bits per heavy atom. The summed E-state index contributed by atoms with van der Waals surface area (Å²) in [7, 11) is -5.73. The van der Waals surface area contributed by atoms with Gasteiger partial charge in [-0.3, -0.25) is 4.79 Å². The number of carbonyl (C=O) groups excluding carboxylic acids is 1. The minimum absolute atomic E-state index is 0.192. The van der Waals surface area contributed by atoms with Crippen LogP contribution in [0.5, 0.6) is 5.75 Å². The summed E-state index contributed by atoms with van der Waals surface area (Å²) >= 11 is 0. The number of hydrogen-bond acceptors (Lipinski definition) is 4. The molecule has 0 saturated carbocycles. The minimum atomic E-state index is -5.73. The van der Waals surface area contributed by atoms with E-state index < -0.39 is 21.4 Å². The SMILES string of the molecule is CCC(=O)c1ccc(OS(=O)(=O)C(F)(F)F)c(C(C)C)c1. The average molecular weight is 324 g/mol. The maximum Gasteiger partial charge on any atom is 0.534 e. The van der Waals surface area contributed by atoms with Crippen molar-refractivity contribution in [2.75, 3.05) is 0 Å².